The minimum Gasteiger partial charge on any atom is -0.358 e. The SMILES string of the molecule is O=C(CCn1cnc([N+](=O)[O-])c1)N1CCCC1. The van der Waals surface area contributed by atoms with Gasteiger partial charge in [0.05, 0.1) is 0 Å². The Kier molecular flexibility index (Phi) is 3.36. The highest BCUT2D eigenvalue weighted by Crippen LogP contribution is 2.10. The van der Waals surface area contributed by atoms with E-state index < -0.39 is 4.92 Å². The first-order chi connectivity index (χ1) is 8.16. The number of likely N-dealkylation sites (tertiary alicyclic amines) is 1. The molecule has 1 saturated heterocycles. The summed E-state index contributed by atoms with van der Waals surface area (Å²) in [4.78, 5) is 27.1. The highest BCUT2D eigenvalue weighted by Gasteiger charge is 2.18. The molecular formula is C10H14N4O3. The van der Waals surface area contributed by atoms with E-state index in [2.05, 4.69) is 4.98 Å². The summed E-state index contributed by atoms with van der Waals surface area (Å²) >= 11 is 0. The van der Waals surface area contributed by atoms with Crippen molar-refractivity contribution >= 4 is 11.7 Å². The zero-order chi connectivity index (χ0) is 12.3. The molecule has 7 heteroatoms. The van der Waals surface area contributed by atoms with Crippen molar-refractivity contribution in [1.82, 2.24) is 14.5 Å². The summed E-state index contributed by atoms with van der Waals surface area (Å²) in [6.45, 7) is 2.11. The van der Waals surface area contributed by atoms with E-state index in [0.29, 0.717) is 13.0 Å². The van der Waals surface area contributed by atoms with Crippen LogP contribution < -0.4 is 0 Å². The zero-order valence-corrected chi connectivity index (χ0v) is 9.41. The number of aromatic nitrogens is 2. The van der Waals surface area contributed by atoms with E-state index in [9.17, 15) is 14.9 Å². The highest BCUT2D eigenvalue weighted by molar-refractivity contribution is 5.76. The van der Waals surface area contributed by atoms with E-state index >= 15 is 0 Å². The number of nitrogens with zero attached hydrogens (tertiary/aromatic N) is 4. The van der Waals surface area contributed by atoms with Gasteiger partial charge in [0.1, 0.15) is 6.20 Å². The van der Waals surface area contributed by atoms with E-state index in [1.807, 2.05) is 4.90 Å². The van der Waals surface area contributed by atoms with E-state index in [-0.39, 0.29) is 11.7 Å². The van der Waals surface area contributed by atoms with Gasteiger partial charge in [-0.05, 0) is 22.7 Å². The predicted molar refractivity (Wildman–Crippen MR) is 59.3 cm³/mol. The Morgan fingerprint density at radius 3 is 2.76 bits per heavy atom. The Balaban J connectivity index is 1.84. The van der Waals surface area contributed by atoms with Gasteiger partial charge in [-0.2, -0.15) is 0 Å². The molecule has 1 aliphatic rings. The maximum Gasteiger partial charge on any atom is 0.381 e. The lowest BCUT2D eigenvalue weighted by atomic mass is 10.3. The second-order valence-corrected chi connectivity index (χ2v) is 4.06. The average Bonchev–Trinajstić information content (AvgIpc) is 2.97. The predicted octanol–water partition coefficient (Wildman–Crippen LogP) is 0.804. The van der Waals surface area contributed by atoms with Crippen molar-refractivity contribution < 1.29 is 9.72 Å². The molecule has 1 aromatic heterocycles. The molecule has 92 valence electrons. The van der Waals surface area contributed by atoms with Crippen LogP contribution in [0.25, 0.3) is 0 Å². The molecule has 2 heterocycles. The van der Waals surface area contributed by atoms with Crippen LogP contribution in [0.1, 0.15) is 19.3 Å². The summed E-state index contributed by atoms with van der Waals surface area (Å²) < 4.78 is 1.58. The fourth-order valence-corrected chi connectivity index (χ4v) is 1.91. The van der Waals surface area contributed by atoms with Crippen LogP contribution in [-0.4, -0.2) is 38.4 Å². The lowest BCUT2D eigenvalue weighted by Gasteiger charge is -2.14. The van der Waals surface area contributed by atoms with Crippen molar-refractivity contribution in [3.05, 3.63) is 22.6 Å². The molecule has 0 aromatic carbocycles. The van der Waals surface area contributed by atoms with E-state index in [0.717, 1.165) is 25.9 Å². The van der Waals surface area contributed by atoms with Crippen LogP contribution in [-0.2, 0) is 11.3 Å². The minimum absolute atomic E-state index is 0.110. The quantitative estimate of drug-likeness (QED) is 0.574. The Bertz CT molecular complexity index is 423. The fourth-order valence-electron chi connectivity index (χ4n) is 1.91. The van der Waals surface area contributed by atoms with Crippen molar-refractivity contribution in [2.45, 2.75) is 25.8 Å². The fraction of sp³-hybridized carbons (Fsp3) is 0.600. The minimum atomic E-state index is -0.543. The molecule has 0 aliphatic carbocycles. The zero-order valence-electron chi connectivity index (χ0n) is 9.41. The van der Waals surface area contributed by atoms with Crippen LogP contribution in [0.2, 0.25) is 0 Å². The normalized spacial score (nSPS) is 15.2. The number of imidazole rings is 1. The lowest BCUT2D eigenvalue weighted by molar-refractivity contribution is -0.389. The monoisotopic (exact) mass is 238 g/mol. The van der Waals surface area contributed by atoms with Crippen LogP contribution in [0.5, 0.6) is 0 Å². The van der Waals surface area contributed by atoms with Crippen molar-refractivity contribution in [2.75, 3.05) is 13.1 Å². The first-order valence-corrected chi connectivity index (χ1v) is 5.61. The number of aryl methyl sites for hydroxylation is 1. The topological polar surface area (TPSA) is 81.3 Å². The van der Waals surface area contributed by atoms with Crippen LogP contribution in [0.4, 0.5) is 5.82 Å². The molecule has 2 rings (SSSR count). The van der Waals surface area contributed by atoms with Gasteiger partial charge in [0.15, 0.2) is 0 Å². The summed E-state index contributed by atoms with van der Waals surface area (Å²) in [5.41, 5.74) is 0. The van der Waals surface area contributed by atoms with Crippen LogP contribution in [0.15, 0.2) is 12.5 Å². The van der Waals surface area contributed by atoms with E-state index in [1.165, 1.54) is 12.5 Å². The molecule has 1 aromatic rings. The number of nitro groups is 1. The number of hydrogen-bond donors (Lipinski definition) is 0. The van der Waals surface area contributed by atoms with Gasteiger partial charge in [-0.15, -0.1) is 0 Å². The maximum atomic E-state index is 11.7. The standard InChI is InChI=1S/C10H14N4O3/c15-10(13-4-1-2-5-13)3-6-12-7-9(11-8-12)14(16)17/h7-8H,1-6H2. The second kappa shape index (κ2) is 4.94. The molecular weight excluding hydrogens is 224 g/mol. The van der Waals surface area contributed by atoms with Crippen molar-refractivity contribution in [3.63, 3.8) is 0 Å². The van der Waals surface area contributed by atoms with Crippen molar-refractivity contribution in [3.8, 4) is 0 Å². The molecule has 0 bridgehead atoms. The van der Waals surface area contributed by atoms with Crippen molar-refractivity contribution in [2.24, 2.45) is 0 Å². The number of carbonyl (C=O) groups excluding carboxylic acids is 1. The van der Waals surface area contributed by atoms with Gasteiger partial charge < -0.3 is 19.6 Å². The molecule has 0 unspecified atom stereocenters. The summed E-state index contributed by atoms with van der Waals surface area (Å²) in [5, 5.41) is 10.4. The largest absolute Gasteiger partial charge is 0.381 e. The summed E-state index contributed by atoms with van der Waals surface area (Å²) in [6.07, 6.45) is 5.24. The van der Waals surface area contributed by atoms with Gasteiger partial charge in [0, 0.05) is 26.1 Å². The Morgan fingerprint density at radius 2 is 2.18 bits per heavy atom. The molecule has 0 N–H and O–H groups in total. The molecule has 1 aliphatic heterocycles. The molecule has 0 saturated carbocycles. The third-order valence-corrected chi connectivity index (χ3v) is 2.85. The Morgan fingerprint density at radius 1 is 1.47 bits per heavy atom. The summed E-state index contributed by atoms with van der Waals surface area (Å²) in [5.74, 6) is -0.0718. The van der Waals surface area contributed by atoms with Crippen molar-refractivity contribution in [1.29, 1.82) is 0 Å². The van der Waals surface area contributed by atoms with Gasteiger partial charge in [-0.1, -0.05) is 0 Å². The number of amides is 1. The molecule has 0 atom stereocenters. The van der Waals surface area contributed by atoms with Crippen LogP contribution in [0, 0.1) is 10.1 Å². The maximum absolute atomic E-state index is 11.7. The summed E-state index contributed by atoms with van der Waals surface area (Å²) in [6, 6.07) is 0. The molecule has 0 spiro atoms. The van der Waals surface area contributed by atoms with Gasteiger partial charge in [-0.3, -0.25) is 4.79 Å². The van der Waals surface area contributed by atoms with Gasteiger partial charge in [0.25, 0.3) is 0 Å². The van der Waals surface area contributed by atoms with Gasteiger partial charge in [-0.25, -0.2) is 0 Å². The van der Waals surface area contributed by atoms with E-state index in [1.54, 1.807) is 4.57 Å². The number of hydrogen-bond acceptors (Lipinski definition) is 4. The first kappa shape index (κ1) is 11.6. The number of rotatable bonds is 4. The smallest absolute Gasteiger partial charge is 0.358 e. The third-order valence-electron chi connectivity index (χ3n) is 2.85. The third kappa shape index (κ3) is 2.80. The molecule has 7 nitrogen and oxygen atoms in total. The Labute approximate surface area is 98.2 Å². The number of carbonyl (C=O) groups is 1. The first-order valence-electron chi connectivity index (χ1n) is 5.61. The molecule has 0 radical (unpaired) electrons. The van der Waals surface area contributed by atoms with E-state index in [4.69, 9.17) is 0 Å². The second-order valence-electron chi connectivity index (χ2n) is 4.06. The Hall–Kier alpha value is -1.92. The van der Waals surface area contributed by atoms with Gasteiger partial charge >= 0.3 is 5.82 Å². The highest BCUT2D eigenvalue weighted by atomic mass is 16.6. The molecule has 1 fully saturated rings. The molecule has 17 heavy (non-hydrogen) atoms. The average molecular weight is 238 g/mol. The van der Waals surface area contributed by atoms with Crippen LogP contribution >= 0.6 is 0 Å². The lowest BCUT2D eigenvalue weighted by Crippen LogP contribution is -2.28. The van der Waals surface area contributed by atoms with Gasteiger partial charge in [0.2, 0.25) is 12.2 Å². The van der Waals surface area contributed by atoms with Crippen LogP contribution in [0.3, 0.4) is 0 Å². The molecule has 1 amide bonds. The summed E-state index contributed by atoms with van der Waals surface area (Å²) in [7, 11) is 0.